The van der Waals surface area contributed by atoms with Gasteiger partial charge in [-0.25, -0.2) is 19.4 Å². The topological polar surface area (TPSA) is 120 Å². The van der Waals surface area contributed by atoms with Gasteiger partial charge in [-0.1, -0.05) is 23.7 Å². The molecule has 1 aromatic heterocycles. The van der Waals surface area contributed by atoms with E-state index in [1.807, 2.05) is 0 Å². The summed E-state index contributed by atoms with van der Waals surface area (Å²) in [5, 5.41) is 5.70. The molecule has 1 aliphatic heterocycles. The number of carbonyl (C=O) groups is 3. The minimum absolute atomic E-state index is 0.000275. The molecule has 150 valence electrons. The summed E-state index contributed by atoms with van der Waals surface area (Å²) < 4.78 is 10.3. The van der Waals surface area contributed by atoms with Crippen LogP contribution in [0.25, 0.3) is 0 Å². The highest BCUT2D eigenvalue weighted by Crippen LogP contribution is 2.28. The SMILES string of the molecule is CCOC(=O)C1=C(COC(=O)c2cnccn2)NC(=O)N[C@H]1c1ccc(Cl)cc1. The van der Waals surface area contributed by atoms with Gasteiger partial charge in [-0.3, -0.25) is 4.98 Å². The van der Waals surface area contributed by atoms with Crippen molar-refractivity contribution in [1.29, 1.82) is 0 Å². The summed E-state index contributed by atoms with van der Waals surface area (Å²) in [7, 11) is 0. The summed E-state index contributed by atoms with van der Waals surface area (Å²) in [5.41, 5.74) is 0.857. The fraction of sp³-hybridized carbons (Fsp3) is 0.211. The number of ether oxygens (including phenoxy) is 2. The first-order chi connectivity index (χ1) is 14.0. The molecule has 1 aromatic carbocycles. The third-order valence-electron chi connectivity index (χ3n) is 3.97. The fourth-order valence-corrected chi connectivity index (χ4v) is 2.83. The van der Waals surface area contributed by atoms with Crippen molar-refractivity contribution in [3.05, 3.63) is 70.4 Å². The summed E-state index contributed by atoms with van der Waals surface area (Å²) >= 11 is 5.93. The number of amides is 2. The van der Waals surface area contributed by atoms with Crippen molar-refractivity contribution in [3.63, 3.8) is 0 Å². The van der Waals surface area contributed by atoms with Crippen molar-refractivity contribution in [1.82, 2.24) is 20.6 Å². The Morgan fingerprint density at radius 2 is 1.90 bits per heavy atom. The standard InChI is InChI=1S/C19H17ClN4O5/c1-2-28-18(26)15-14(10-29-17(25)13-9-21-7-8-22-13)23-19(27)24-16(15)11-3-5-12(20)6-4-11/h3-9,16H,2,10H2,1H3,(H2,23,24,27)/t16-/m0/s1. The molecule has 1 aliphatic rings. The number of carbonyl (C=O) groups excluding carboxylic acids is 3. The first-order valence-electron chi connectivity index (χ1n) is 8.66. The van der Waals surface area contributed by atoms with Gasteiger partial charge in [0.15, 0.2) is 5.69 Å². The van der Waals surface area contributed by atoms with Crippen molar-refractivity contribution in [2.45, 2.75) is 13.0 Å². The number of nitrogens with zero attached hydrogens (tertiary/aromatic N) is 2. The van der Waals surface area contributed by atoms with Crippen LogP contribution in [0.4, 0.5) is 4.79 Å². The number of halogens is 1. The van der Waals surface area contributed by atoms with Crippen LogP contribution in [0.15, 0.2) is 54.1 Å². The lowest BCUT2D eigenvalue weighted by Crippen LogP contribution is -2.47. The normalized spacial score (nSPS) is 15.9. The van der Waals surface area contributed by atoms with Crippen LogP contribution in [0.5, 0.6) is 0 Å². The summed E-state index contributed by atoms with van der Waals surface area (Å²) in [6, 6.07) is 5.29. The molecule has 0 bridgehead atoms. The highest BCUT2D eigenvalue weighted by molar-refractivity contribution is 6.30. The number of hydrogen-bond donors (Lipinski definition) is 2. The van der Waals surface area contributed by atoms with E-state index in [0.717, 1.165) is 0 Å². The maximum absolute atomic E-state index is 12.6. The minimum Gasteiger partial charge on any atom is -0.463 e. The Labute approximate surface area is 171 Å². The molecule has 10 heteroatoms. The lowest BCUT2D eigenvalue weighted by molar-refractivity contribution is -0.139. The molecule has 2 N–H and O–H groups in total. The van der Waals surface area contributed by atoms with Crippen LogP contribution in [-0.4, -0.2) is 41.2 Å². The third-order valence-corrected chi connectivity index (χ3v) is 4.22. The Morgan fingerprint density at radius 1 is 1.14 bits per heavy atom. The van der Waals surface area contributed by atoms with Crippen molar-refractivity contribution in [3.8, 4) is 0 Å². The maximum Gasteiger partial charge on any atom is 0.358 e. The van der Waals surface area contributed by atoms with Gasteiger partial charge in [0, 0.05) is 17.4 Å². The molecule has 2 amide bonds. The quantitative estimate of drug-likeness (QED) is 0.692. The lowest BCUT2D eigenvalue weighted by atomic mass is 9.95. The number of benzene rings is 1. The third kappa shape index (κ3) is 4.88. The second kappa shape index (κ2) is 9.16. The fourth-order valence-electron chi connectivity index (χ4n) is 2.70. The molecule has 3 rings (SSSR count). The van der Waals surface area contributed by atoms with E-state index >= 15 is 0 Å². The van der Waals surface area contributed by atoms with E-state index in [0.29, 0.717) is 10.6 Å². The molecule has 0 radical (unpaired) electrons. The van der Waals surface area contributed by atoms with Gasteiger partial charge in [-0.05, 0) is 24.6 Å². The van der Waals surface area contributed by atoms with Crippen LogP contribution in [0.1, 0.15) is 29.0 Å². The average Bonchev–Trinajstić information content (AvgIpc) is 2.72. The largest absolute Gasteiger partial charge is 0.463 e. The molecule has 2 heterocycles. The van der Waals surface area contributed by atoms with Crippen LogP contribution in [0, 0.1) is 0 Å². The van der Waals surface area contributed by atoms with Crippen molar-refractivity contribution >= 4 is 29.6 Å². The predicted octanol–water partition coefficient (Wildman–Crippen LogP) is 2.16. The van der Waals surface area contributed by atoms with Gasteiger partial charge >= 0.3 is 18.0 Å². The second-order valence-corrected chi connectivity index (χ2v) is 6.30. The Hall–Kier alpha value is -3.46. The molecule has 0 fully saturated rings. The summed E-state index contributed by atoms with van der Waals surface area (Å²) in [6.45, 7) is 1.44. The zero-order chi connectivity index (χ0) is 20.8. The van der Waals surface area contributed by atoms with E-state index in [2.05, 4.69) is 20.6 Å². The monoisotopic (exact) mass is 416 g/mol. The van der Waals surface area contributed by atoms with E-state index in [1.54, 1.807) is 31.2 Å². The van der Waals surface area contributed by atoms with Crippen LogP contribution < -0.4 is 10.6 Å². The lowest BCUT2D eigenvalue weighted by Gasteiger charge is -2.29. The number of nitrogens with one attached hydrogen (secondary N) is 2. The summed E-state index contributed by atoms with van der Waals surface area (Å²) in [6.07, 6.45) is 4.02. The first-order valence-corrected chi connectivity index (χ1v) is 9.03. The van der Waals surface area contributed by atoms with Crippen LogP contribution in [-0.2, 0) is 14.3 Å². The first kappa shape index (κ1) is 20.3. The zero-order valence-electron chi connectivity index (χ0n) is 15.3. The summed E-state index contributed by atoms with van der Waals surface area (Å²) in [4.78, 5) is 44.6. The second-order valence-electron chi connectivity index (χ2n) is 5.86. The Balaban J connectivity index is 1.92. The van der Waals surface area contributed by atoms with E-state index in [9.17, 15) is 14.4 Å². The van der Waals surface area contributed by atoms with Crippen molar-refractivity contribution < 1.29 is 23.9 Å². The molecule has 9 nitrogen and oxygen atoms in total. The van der Waals surface area contributed by atoms with Gasteiger partial charge in [0.05, 0.1) is 30.1 Å². The molecule has 0 saturated heterocycles. The van der Waals surface area contributed by atoms with Crippen molar-refractivity contribution in [2.24, 2.45) is 0 Å². The Morgan fingerprint density at radius 3 is 2.55 bits per heavy atom. The maximum atomic E-state index is 12.6. The Kier molecular flexibility index (Phi) is 6.40. The van der Waals surface area contributed by atoms with E-state index in [-0.39, 0.29) is 30.2 Å². The number of rotatable bonds is 6. The van der Waals surface area contributed by atoms with Gasteiger partial charge in [0.1, 0.15) is 6.61 Å². The molecule has 29 heavy (non-hydrogen) atoms. The number of esters is 2. The van der Waals surface area contributed by atoms with Gasteiger partial charge in [-0.15, -0.1) is 0 Å². The zero-order valence-corrected chi connectivity index (χ0v) is 16.1. The number of hydrogen-bond acceptors (Lipinski definition) is 7. The molecule has 0 saturated carbocycles. The molecule has 2 aromatic rings. The van der Waals surface area contributed by atoms with Gasteiger partial charge < -0.3 is 20.1 Å². The molecule has 0 unspecified atom stereocenters. The van der Waals surface area contributed by atoms with Gasteiger partial charge in [0.2, 0.25) is 0 Å². The predicted molar refractivity (Wildman–Crippen MR) is 102 cm³/mol. The van der Waals surface area contributed by atoms with Crippen LogP contribution in [0.2, 0.25) is 5.02 Å². The summed E-state index contributed by atoms with van der Waals surface area (Å²) in [5.74, 6) is -1.39. The van der Waals surface area contributed by atoms with E-state index in [4.69, 9.17) is 21.1 Å². The van der Waals surface area contributed by atoms with E-state index < -0.39 is 24.0 Å². The van der Waals surface area contributed by atoms with Crippen molar-refractivity contribution in [2.75, 3.05) is 13.2 Å². The van der Waals surface area contributed by atoms with E-state index in [1.165, 1.54) is 18.6 Å². The molecular weight excluding hydrogens is 400 g/mol. The number of urea groups is 1. The smallest absolute Gasteiger partial charge is 0.358 e. The van der Waals surface area contributed by atoms with Crippen LogP contribution in [0.3, 0.4) is 0 Å². The Bertz CT molecular complexity index is 947. The molecule has 0 aliphatic carbocycles. The molecule has 0 spiro atoms. The molecular formula is C19H17ClN4O5. The number of aromatic nitrogens is 2. The van der Waals surface area contributed by atoms with Gasteiger partial charge in [0.25, 0.3) is 0 Å². The van der Waals surface area contributed by atoms with Crippen LogP contribution >= 0.6 is 11.6 Å². The minimum atomic E-state index is -0.801. The average molecular weight is 417 g/mol. The van der Waals surface area contributed by atoms with Gasteiger partial charge in [-0.2, -0.15) is 0 Å². The molecule has 1 atom stereocenters. The highest BCUT2D eigenvalue weighted by Gasteiger charge is 2.34. The highest BCUT2D eigenvalue weighted by atomic mass is 35.5.